The summed E-state index contributed by atoms with van der Waals surface area (Å²) in [6.07, 6.45) is 2.16. The summed E-state index contributed by atoms with van der Waals surface area (Å²) in [6.45, 7) is 1.51. The normalized spacial score (nSPS) is 13.4. The Kier molecular flexibility index (Phi) is 8.73. The molecule has 182 valence electrons. The summed E-state index contributed by atoms with van der Waals surface area (Å²) in [5, 5.41) is 0. The number of carbonyl (C=O) groups excluding carboxylic acids is 3. The lowest BCUT2D eigenvalue weighted by molar-refractivity contribution is -0.132. The Morgan fingerprint density at radius 2 is 1.50 bits per heavy atom. The van der Waals surface area contributed by atoms with E-state index in [1.807, 2.05) is 23.1 Å². The molecule has 34 heavy (non-hydrogen) atoms. The first-order valence-electron chi connectivity index (χ1n) is 11.2. The van der Waals surface area contributed by atoms with Gasteiger partial charge in [0.15, 0.2) is 18.1 Å². The van der Waals surface area contributed by atoms with Gasteiger partial charge in [-0.1, -0.05) is 30.3 Å². The molecule has 2 aromatic carbocycles. The summed E-state index contributed by atoms with van der Waals surface area (Å²) in [5.74, 6) is -0.00748. The van der Waals surface area contributed by atoms with Gasteiger partial charge in [0.25, 0.3) is 11.8 Å². The van der Waals surface area contributed by atoms with E-state index in [-0.39, 0.29) is 35.7 Å². The van der Waals surface area contributed by atoms with E-state index < -0.39 is 5.91 Å². The van der Waals surface area contributed by atoms with Gasteiger partial charge in [-0.15, -0.1) is 0 Å². The lowest BCUT2D eigenvalue weighted by atomic mass is 10.1. The van der Waals surface area contributed by atoms with Crippen LogP contribution in [0.4, 0.5) is 0 Å². The van der Waals surface area contributed by atoms with Crippen molar-refractivity contribution in [3.05, 3.63) is 53.6 Å². The molecule has 9 heteroatoms. The Morgan fingerprint density at radius 3 is 2.06 bits per heavy atom. The van der Waals surface area contributed by atoms with Crippen LogP contribution in [0.15, 0.2) is 42.5 Å². The Bertz CT molecular complexity index is 978. The third-order valence-electron chi connectivity index (χ3n) is 5.68. The van der Waals surface area contributed by atoms with Crippen molar-refractivity contribution in [1.82, 2.24) is 9.80 Å². The molecule has 2 aromatic rings. The first-order chi connectivity index (χ1) is 16.4. The summed E-state index contributed by atoms with van der Waals surface area (Å²) < 4.78 is 16.1. The van der Waals surface area contributed by atoms with Crippen LogP contribution in [0.1, 0.15) is 28.8 Å². The van der Waals surface area contributed by atoms with Gasteiger partial charge in [-0.25, -0.2) is 0 Å². The highest BCUT2D eigenvalue weighted by Crippen LogP contribution is 2.39. The second kappa shape index (κ2) is 11.9. The molecule has 0 unspecified atom stereocenters. The second-order valence-electron chi connectivity index (χ2n) is 7.98. The predicted molar refractivity (Wildman–Crippen MR) is 126 cm³/mol. The molecule has 2 N–H and O–H groups in total. The van der Waals surface area contributed by atoms with E-state index in [4.69, 9.17) is 19.9 Å². The number of carbonyl (C=O) groups is 3. The van der Waals surface area contributed by atoms with Crippen molar-refractivity contribution in [2.75, 3.05) is 47.0 Å². The van der Waals surface area contributed by atoms with Gasteiger partial charge in [-0.05, 0) is 30.5 Å². The van der Waals surface area contributed by atoms with Crippen LogP contribution < -0.4 is 19.9 Å². The Morgan fingerprint density at radius 1 is 0.912 bits per heavy atom. The van der Waals surface area contributed by atoms with Gasteiger partial charge < -0.3 is 29.7 Å². The number of benzene rings is 2. The molecule has 0 bridgehead atoms. The van der Waals surface area contributed by atoms with E-state index in [9.17, 15) is 14.4 Å². The average Bonchev–Trinajstić information content (AvgIpc) is 2.87. The maximum atomic E-state index is 13.1. The molecule has 1 heterocycles. The Hall–Kier alpha value is -3.75. The molecule has 1 aliphatic heterocycles. The van der Waals surface area contributed by atoms with Crippen LogP contribution in [0.2, 0.25) is 0 Å². The van der Waals surface area contributed by atoms with Gasteiger partial charge in [-0.2, -0.15) is 0 Å². The third-order valence-corrected chi connectivity index (χ3v) is 5.68. The number of nitrogens with zero attached hydrogens (tertiary/aromatic N) is 2. The number of amides is 3. The second-order valence-corrected chi connectivity index (χ2v) is 7.98. The zero-order valence-corrected chi connectivity index (χ0v) is 19.6. The van der Waals surface area contributed by atoms with Crippen LogP contribution in [0.3, 0.4) is 0 Å². The molecule has 0 aromatic heterocycles. The zero-order chi connectivity index (χ0) is 24.5. The molecule has 0 radical (unpaired) electrons. The minimum atomic E-state index is -0.642. The molecule has 0 spiro atoms. The van der Waals surface area contributed by atoms with Crippen molar-refractivity contribution >= 4 is 17.7 Å². The monoisotopic (exact) mass is 469 g/mol. The molecular weight excluding hydrogens is 438 g/mol. The summed E-state index contributed by atoms with van der Waals surface area (Å²) in [5.41, 5.74) is 6.74. The maximum absolute atomic E-state index is 13.1. The summed E-state index contributed by atoms with van der Waals surface area (Å²) in [7, 11) is 2.87. The molecule has 3 rings (SSSR count). The SMILES string of the molecule is COc1cc(C(=O)N2CCN(C(=O)CCCc3ccccc3)CC2)cc(OC)c1OCC(N)=O. The lowest BCUT2D eigenvalue weighted by Gasteiger charge is -2.35. The van der Waals surface area contributed by atoms with Crippen LogP contribution in [0, 0.1) is 0 Å². The summed E-state index contributed by atoms with van der Waals surface area (Å²) in [4.78, 5) is 40.3. The quantitative estimate of drug-likeness (QED) is 0.569. The fourth-order valence-corrected chi connectivity index (χ4v) is 3.88. The zero-order valence-electron chi connectivity index (χ0n) is 19.6. The number of methoxy groups -OCH3 is 2. The molecule has 0 atom stereocenters. The largest absolute Gasteiger partial charge is 0.493 e. The molecule has 1 aliphatic rings. The predicted octanol–water partition coefficient (Wildman–Crippen LogP) is 1.88. The van der Waals surface area contributed by atoms with Crippen LogP contribution in [0.5, 0.6) is 17.2 Å². The highest BCUT2D eigenvalue weighted by molar-refractivity contribution is 5.96. The number of hydrogen-bond donors (Lipinski definition) is 1. The van der Waals surface area contributed by atoms with Crippen molar-refractivity contribution < 1.29 is 28.6 Å². The molecule has 0 aliphatic carbocycles. The van der Waals surface area contributed by atoms with Crippen molar-refractivity contribution in [2.24, 2.45) is 5.73 Å². The number of hydrogen-bond acceptors (Lipinski definition) is 6. The number of ether oxygens (including phenoxy) is 3. The van der Waals surface area contributed by atoms with Gasteiger partial charge in [0, 0.05) is 38.2 Å². The Balaban J connectivity index is 1.57. The number of aryl methyl sites for hydroxylation is 1. The van der Waals surface area contributed by atoms with E-state index >= 15 is 0 Å². The molecule has 0 saturated carbocycles. The average molecular weight is 470 g/mol. The first-order valence-corrected chi connectivity index (χ1v) is 11.2. The van der Waals surface area contributed by atoms with E-state index in [2.05, 4.69) is 12.1 Å². The van der Waals surface area contributed by atoms with Gasteiger partial charge in [-0.3, -0.25) is 14.4 Å². The van der Waals surface area contributed by atoms with Gasteiger partial charge >= 0.3 is 0 Å². The molecule has 9 nitrogen and oxygen atoms in total. The Labute approximate surface area is 199 Å². The lowest BCUT2D eigenvalue weighted by Crippen LogP contribution is -2.50. The number of rotatable bonds is 10. The highest BCUT2D eigenvalue weighted by atomic mass is 16.5. The fraction of sp³-hybridized carbons (Fsp3) is 0.400. The van der Waals surface area contributed by atoms with Crippen LogP contribution in [-0.2, 0) is 16.0 Å². The topological polar surface area (TPSA) is 111 Å². The smallest absolute Gasteiger partial charge is 0.255 e. The van der Waals surface area contributed by atoms with Crippen LogP contribution in [-0.4, -0.2) is 74.5 Å². The van der Waals surface area contributed by atoms with E-state index in [1.165, 1.54) is 19.8 Å². The van der Waals surface area contributed by atoms with Crippen LogP contribution in [0.25, 0.3) is 0 Å². The number of primary amides is 1. The number of nitrogens with two attached hydrogens (primary N) is 1. The maximum Gasteiger partial charge on any atom is 0.255 e. The van der Waals surface area contributed by atoms with E-state index in [0.29, 0.717) is 38.2 Å². The number of piperazine rings is 1. The van der Waals surface area contributed by atoms with Gasteiger partial charge in [0.05, 0.1) is 14.2 Å². The standard InChI is InChI=1S/C25H31N3O6/c1-32-20-15-19(16-21(33-2)24(20)34-17-22(26)29)25(31)28-13-11-27(12-14-28)23(30)10-6-9-18-7-4-3-5-8-18/h3-5,7-8,15-16H,6,9-14,17H2,1-2H3,(H2,26,29). The summed E-state index contributed by atoms with van der Waals surface area (Å²) >= 11 is 0. The minimum Gasteiger partial charge on any atom is -0.493 e. The van der Waals surface area contributed by atoms with Gasteiger partial charge in [0.2, 0.25) is 11.7 Å². The fourth-order valence-electron chi connectivity index (χ4n) is 3.88. The molecule has 3 amide bonds. The van der Waals surface area contributed by atoms with Crippen molar-refractivity contribution in [1.29, 1.82) is 0 Å². The molecule has 1 fully saturated rings. The molecule has 1 saturated heterocycles. The first kappa shape index (κ1) is 24.9. The van der Waals surface area contributed by atoms with Crippen molar-refractivity contribution in [2.45, 2.75) is 19.3 Å². The highest BCUT2D eigenvalue weighted by Gasteiger charge is 2.26. The minimum absolute atomic E-state index is 0.113. The van der Waals surface area contributed by atoms with Crippen LogP contribution >= 0.6 is 0 Å². The van der Waals surface area contributed by atoms with E-state index in [1.54, 1.807) is 17.0 Å². The third kappa shape index (κ3) is 6.40. The summed E-state index contributed by atoms with van der Waals surface area (Å²) in [6, 6.07) is 13.2. The molecular formula is C25H31N3O6. The van der Waals surface area contributed by atoms with Crippen molar-refractivity contribution in [3.8, 4) is 17.2 Å². The van der Waals surface area contributed by atoms with E-state index in [0.717, 1.165) is 12.8 Å². The van der Waals surface area contributed by atoms with Gasteiger partial charge in [0.1, 0.15) is 0 Å². The van der Waals surface area contributed by atoms with Crippen molar-refractivity contribution in [3.63, 3.8) is 0 Å².